The van der Waals surface area contributed by atoms with Crippen molar-refractivity contribution in [2.75, 3.05) is 17.7 Å². The normalized spacial score (nSPS) is 10.2. The van der Waals surface area contributed by atoms with Crippen LogP contribution in [-0.2, 0) is 0 Å². The lowest BCUT2D eigenvalue weighted by Gasteiger charge is -2.08. The van der Waals surface area contributed by atoms with E-state index in [0.717, 1.165) is 10.0 Å². The second-order valence-electron chi connectivity index (χ2n) is 4.08. The van der Waals surface area contributed by atoms with Gasteiger partial charge in [0.15, 0.2) is 0 Å². The Morgan fingerprint density at radius 3 is 2.70 bits per heavy atom. The summed E-state index contributed by atoms with van der Waals surface area (Å²) in [4.78, 5) is 18.4. The molecule has 1 aromatic heterocycles. The minimum atomic E-state index is -0.521. The fourth-order valence-corrected chi connectivity index (χ4v) is 2.27. The molecule has 104 valence electrons. The van der Waals surface area contributed by atoms with Crippen LogP contribution in [0.3, 0.4) is 0 Å². The smallest absolute Gasteiger partial charge is 0.329 e. The molecular weight excluding hydrogens is 326 g/mol. The quantitative estimate of drug-likeness (QED) is 0.657. The third kappa shape index (κ3) is 3.21. The second-order valence-corrected chi connectivity index (χ2v) is 4.99. The third-order valence-electron chi connectivity index (χ3n) is 2.49. The number of rotatable bonds is 4. The van der Waals surface area contributed by atoms with E-state index in [9.17, 15) is 10.1 Å². The molecule has 0 atom stereocenters. The molecule has 2 N–H and O–H groups in total. The van der Waals surface area contributed by atoms with Gasteiger partial charge < -0.3 is 10.6 Å². The molecule has 0 aliphatic carbocycles. The Bertz CT molecular complexity index is 642. The van der Waals surface area contributed by atoms with E-state index in [2.05, 4.69) is 36.5 Å². The first-order valence-electron chi connectivity index (χ1n) is 5.73. The molecule has 8 heteroatoms. The maximum Gasteiger partial charge on any atom is 0.329 e. The summed E-state index contributed by atoms with van der Waals surface area (Å²) in [5, 5.41) is 16.7. The molecule has 1 aromatic carbocycles. The number of nitrogens with zero attached hydrogens (tertiary/aromatic N) is 3. The van der Waals surface area contributed by atoms with Gasteiger partial charge in [-0.2, -0.15) is 4.98 Å². The maximum absolute atomic E-state index is 11.0. The fraction of sp³-hybridized carbons (Fsp3) is 0.167. The van der Waals surface area contributed by atoms with Crippen molar-refractivity contribution in [3.05, 3.63) is 44.5 Å². The van der Waals surface area contributed by atoms with Crippen LogP contribution < -0.4 is 10.6 Å². The number of aromatic nitrogens is 2. The van der Waals surface area contributed by atoms with Crippen molar-refractivity contribution in [3.63, 3.8) is 0 Å². The summed E-state index contributed by atoms with van der Waals surface area (Å²) < 4.78 is 0.880. The number of hydrogen-bond acceptors (Lipinski definition) is 6. The third-order valence-corrected chi connectivity index (χ3v) is 2.95. The minimum absolute atomic E-state index is 0.145. The predicted octanol–water partition coefficient (Wildman–Crippen LogP) is 3.24. The molecule has 0 aliphatic rings. The van der Waals surface area contributed by atoms with Crippen LogP contribution >= 0.6 is 15.9 Å². The van der Waals surface area contributed by atoms with Gasteiger partial charge in [-0.15, -0.1) is 0 Å². The zero-order chi connectivity index (χ0) is 14.7. The molecular formula is C12H12BrN5O2. The molecule has 2 aromatic rings. The van der Waals surface area contributed by atoms with Gasteiger partial charge in [-0.05, 0) is 30.7 Å². The van der Waals surface area contributed by atoms with Crippen molar-refractivity contribution in [2.45, 2.75) is 6.92 Å². The second kappa shape index (κ2) is 5.83. The summed E-state index contributed by atoms with van der Waals surface area (Å²) in [6, 6.07) is 5.63. The Morgan fingerprint density at radius 1 is 1.35 bits per heavy atom. The van der Waals surface area contributed by atoms with Crippen molar-refractivity contribution in [1.82, 2.24) is 9.97 Å². The molecule has 0 radical (unpaired) electrons. The predicted molar refractivity (Wildman–Crippen MR) is 80.4 cm³/mol. The molecule has 2 rings (SSSR count). The minimum Gasteiger partial charge on any atom is -0.357 e. The number of benzene rings is 1. The standard InChI is InChI=1S/C12H12BrN5O2/c1-7-3-8(13)5-9(4-7)16-11-10(18(19)20)6-15-12(14-2)17-11/h3-6H,1-2H3,(H2,14,15,16,17). The van der Waals surface area contributed by atoms with Gasteiger partial charge in [0.1, 0.15) is 6.20 Å². The average Bonchev–Trinajstić information content (AvgIpc) is 2.37. The Labute approximate surface area is 123 Å². The molecule has 0 saturated carbocycles. The number of aryl methyl sites for hydroxylation is 1. The van der Waals surface area contributed by atoms with Crippen LogP contribution in [-0.4, -0.2) is 21.9 Å². The fourth-order valence-electron chi connectivity index (χ4n) is 1.67. The first-order chi connectivity index (χ1) is 9.49. The average molecular weight is 338 g/mol. The lowest BCUT2D eigenvalue weighted by Crippen LogP contribution is -2.04. The molecule has 20 heavy (non-hydrogen) atoms. The van der Waals surface area contributed by atoms with Gasteiger partial charge >= 0.3 is 5.69 Å². The van der Waals surface area contributed by atoms with Crippen molar-refractivity contribution in [3.8, 4) is 0 Å². The van der Waals surface area contributed by atoms with E-state index in [4.69, 9.17) is 0 Å². The Hall–Kier alpha value is -2.22. The highest BCUT2D eigenvalue weighted by Crippen LogP contribution is 2.27. The lowest BCUT2D eigenvalue weighted by molar-refractivity contribution is -0.384. The van der Waals surface area contributed by atoms with E-state index >= 15 is 0 Å². The number of halogens is 1. The van der Waals surface area contributed by atoms with Crippen LogP contribution in [0.25, 0.3) is 0 Å². The van der Waals surface area contributed by atoms with Crippen LogP contribution in [0.4, 0.5) is 23.1 Å². The van der Waals surface area contributed by atoms with Gasteiger partial charge in [0.2, 0.25) is 11.8 Å². The highest BCUT2D eigenvalue weighted by Gasteiger charge is 2.17. The Balaban J connectivity index is 2.42. The van der Waals surface area contributed by atoms with Crippen LogP contribution in [0.15, 0.2) is 28.9 Å². The number of nitro groups is 1. The molecule has 0 spiro atoms. The van der Waals surface area contributed by atoms with Crippen molar-refractivity contribution in [1.29, 1.82) is 0 Å². The first-order valence-corrected chi connectivity index (χ1v) is 6.52. The largest absolute Gasteiger partial charge is 0.357 e. The zero-order valence-corrected chi connectivity index (χ0v) is 12.4. The van der Waals surface area contributed by atoms with Crippen LogP contribution in [0.5, 0.6) is 0 Å². The van der Waals surface area contributed by atoms with Crippen molar-refractivity contribution in [2.24, 2.45) is 0 Å². The number of nitrogens with one attached hydrogen (secondary N) is 2. The number of hydrogen-bond donors (Lipinski definition) is 2. The van der Waals surface area contributed by atoms with Crippen molar-refractivity contribution >= 4 is 39.1 Å². The van der Waals surface area contributed by atoms with E-state index < -0.39 is 4.92 Å². The zero-order valence-electron chi connectivity index (χ0n) is 10.8. The van der Waals surface area contributed by atoms with Crippen LogP contribution in [0.2, 0.25) is 0 Å². The highest BCUT2D eigenvalue weighted by molar-refractivity contribution is 9.10. The van der Waals surface area contributed by atoms with E-state index in [0.29, 0.717) is 11.6 Å². The van der Waals surface area contributed by atoms with Gasteiger partial charge in [0, 0.05) is 17.2 Å². The van der Waals surface area contributed by atoms with Gasteiger partial charge in [-0.1, -0.05) is 15.9 Å². The van der Waals surface area contributed by atoms with Crippen LogP contribution in [0.1, 0.15) is 5.56 Å². The van der Waals surface area contributed by atoms with E-state index in [1.807, 2.05) is 25.1 Å². The maximum atomic E-state index is 11.0. The SMILES string of the molecule is CNc1ncc([N+](=O)[O-])c(Nc2cc(C)cc(Br)c2)n1. The Morgan fingerprint density at radius 2 is 2.10 bits per heavy atom. The summed E-state index contributed by atoms with van der Waals surface area (Å²) in [6.07, 6.45) is 1.17. The number of anilines is 3. The van der Waals surface area contributed by atoms with Crippen LogP contribution in [0, 0.1) is 17.0 Å². The molecule has 0 fully saturated rings. The molecule has 0 saturated heterocycles. The summed E-state index contributed by atoms with van der Waals surface area (Å²) in [5.74, 6) is 0.455. The summed E-state index contributed by atoms with van der Waals surface area (Å²) in [7, 11) is 1.65. The molecule has 1 heterocycles. The summed E-state index contributed by atoms with van der Waals surface area (Å²) >= 11 is 3.38. The van der Waals surface area contributed by atoms with E-state index in [1.54, 1.807) is 7.05 Å². The molecule has 0 aliphatic heterocycles. The monoisotopic (exact) mass is 337 g/mol. The van der Waals surface area contributed by atoms with Gasteiger partial charge in [0.05, 0.1) is 4.92 Å². The van der Waals surface area contributed by atoms with Gasteiger partial charge in [-0.3, -0.25) is 10.1 Å². The van der Waals surface area contributed by atoms with Crippen molar-refractivity contribution < 1.29 is 4.92 Å². The van der Waals surface area contributed by atoms with E-state index in [1.165, 1.54) is 6.20 Å². The van der Waals surface area contributed by atoms with E-state index in [-0.39, 0.29) is 11.5 Å². The molecule has 0 unspecified atom stereocenters. The van der Waals surface area contributed by atoms with Gasteiger partial charge in [0.25, 0.3) is 0 Å². The summed E-state index contributed by atoms with van der Waals surface area (Å²) in [5.41, 5.74) is 1.55. The lowest BCUT2D eigenvalue weighted by atomic mass is 10.2. The molecule has 0 bridgehead atoms. The highest BCUT2D eigenvalue weighted by atomic mass is 79.9. The molecule has 7 nitrogen and oxygen atoms in total. The topological polar surface area (TPSA) is 93.0 Å². The summed E-state index contributed by atoms with van der Waals surface area (Å²) in [6.45, 7) is 1.93. The van der Waals surface area contributed by atoms with Gasteiger partial charge in [-0.25, -0.2) is 4.98 Å². The molecule has 0 amide bonds. The first kappa shape index (κ1) is 14.2. The Kier molecular flexibility index (Phi) is 4.14.